The first kappa shape index (κ1) is 51.8. The van der Waals surface area contributed by atoms with E-state index in [1.807, 2.05) is 18.2 Å². The van der Waals surface area contributed by atoms with Crippen LogP contribution in [0.1, 0.15) is 61.0 Å². The number of rotatable bonds is 6. The number of hydrogen-bond acceptors (Lipinski definition) is 4. The maximum atomic E-state index is 6.78. The van der Waals surface area contributed by atoms with Gasteiger partial charge in [0.05, 0.1) is 0 Å². The molecule has 0 unspecified atom stereocenters. The molecule has 13 rings (SSSR count). The van der Waals surface area contributed by atoms with Crippen molar-refractivity contribution in [2.24, 2.45) is 0 Å². The molecule has 7 aromatic carbocycles. The van der Waals surface area contributed by atoms with Crippen molar-refractivity contribution in [2.45, 2.75) is 98.1 Å². The topological polar surface area (TPSA) is 49.0 Å². The predicted octanol–water partition coefficient (Wildman–Crippen LogP) is 7.52. The van der Waals surface area contributed by atoms with Crippen LogP contribution in [0.3, 0.4) is 0 Å². The highest BCUT2D eigenvalue weighted by molar-refractivity contribution is 7.32. The Balaban J connectivity index is 0.000000145. The van der Waals surface area contributed by atoms with Crippen LogP contribution >= 0.6 is 0 Å². The van der Waals surface area contributed by atoms with Gasteiger partial charge in [-0.2, -0.15) is 24.6 Å². The van der Waals surface area contributed by atoms with Gasteiger partial charge in [0, 0.05) is 0 Å². The summed E-state index contributed by atoms with van der Waals surface area (Å²) in [6.45, 7) is 27.8. The summed E-state index contributed by atoms with van der Waals surface area (Å²) >= 11 is 0. The molecule has 6 aliphatic heterocycles. The monoisotopic (exact) mass is 1020 g/mol. The van der Waals surface area contributed by atoms with Crippen LogP contribution in [0.25, 0.3) is 0 Å². The molecule has 0 N–H and O–H groups in total. The zero-order valence-corrected chi connectivity index (χ0v) is 47.3. The van der Waals surface area contributed by atoms with Crippen molar-refractivity contribution < 1.29 is 36.9 Å². The SMILES string of the molecule is C[B-]1(c2ccccc2)C2=[N+]([B-](c3ccccc3)(c3ccccc3)[N+]3=C1OCC3(C)C)C(C)(C)CO2.C[B-]1(c2ccccc2)C2=[N+]([B-](c3ccccc3)(c3ccccc3)[N+]3=C1OCC3(C)C)C(C)(C)CO2.Cc1ccccc1. The summed E-state index contributed by atoms with van der Waals surface area (Å²) in [6, 6.07) is 75.8. The lowest BCUT2D eigenvalue weighted by atomic mass is 9.19. The van der Waals surface area contributed by atoms with Crippen LogP contribution in [0.15, 0.2) is 212 Å². The first-order chi connectivity index (χ1) is 36.9. The Kier molecular flexibility index (Phi) is 12.8. The van der Waals surface area contributed by atoms with E-state index in [-0.39, 0.29) is 22.2 Å². The van der Waals surface area contributed by atoms with E-state index in [1.54, 1.807) is 0 Å². The number of aryl methyl sites for hydroxylation is 1. The number of hydrogen-bond donors (Lipinski definition) is 0. The van der Waals surface area contributed by atoms with Gasteiger partial charge < -0.3 is 36.9 Å². The van der Waals surface area contributed by atoms with Gasteiger partial charge in [0.15, 0.2) is 0 Å². The largest absolute Gasteiger partial charge is 0.592 e. The maximum absolute atomic E-state index is 6.78. The fourth-order valence-corrected chi connectivity index (χ4v) is 15.0. The summed E-state index contributed by atoms with van der Waals surface area (Å²) < 4.78 is 37.7. The van der Waals surface area contributed by atoms with Crippen LogP contribution in [0.5, 0.6) is 0 Å². The molecule has 0 atom stereocenters. The molecule has 77 heavy (non-hydrogen) atoms. The van der Waals surface area contributed by atoms with E-state index in [0.29, 0.717) is 26.4 Å². The Morgan fingerprint density at radius 1 is 0.286 bits per heavy atom. The van der Waals surface area contributed by atoms with Gasteiger partial charge in [0.25, 0.3) is 0 Å². The highest BCUT2D eigenvalue weighted by Crippen LogP contribution is 2.40. The van der Waals surface area contributed by atoms with E-state index in [1.165, 1.54) is 38.3 Å². The summed E-state index contributed by atoms with van der Waals surface area (Å²) in [4.78, 5) is 0. The van der Waals surface area contributed by atoms with Gasteiger partial charge >= 0.3 is 25.1 Å². The highest BCUT2D eigenvalue weighted by atomic mass is 16.5. The van der Waals surface area contributed by atoms with Crippen LogP contribution in [-0.4, -0.2) is 115 Å². The maximum Gasteiger partial charge on any atom is 0.592 e. The van der Waals surface area contributed by atoms with Crippen LogP contribution in [0, 0.1) is 6.92 Å². The lowest BCUT2D eigenvalue weighted by Gasteiger charge is -2.49. The van der Waals surface area contributed by atoms with Crippen molar-refractivity contribution in [3.05, 3.63) is 218 Å². The van der Waals surface area contributed by atoms with Crippen molar-refractivity contribution in [3.8, 4) is 0 Å². The van der Waals surface area contributed by atoms with Crippen molar-refractivity contribution >= 4 is 81.1 Å². The predicted molar refractivity (Wildman–Crippen MR) is 324 cm³/mol. The third-order valence-electron chi connectivity index (χ3n) is 18.3. The van der Waals surface area contributed by atoms with E-state index in [2.05, 4.69) is 288 Å². The summed E-state index contributed by atoms with van der Waals surface area (Å²) in [6.07, 6.45) is -6.12. The highest BCUT2D eigenvalue weighted by Gasteiger charge is 2.74. The lowest BCUT2D eigenvalue weighted by molar-refractivity contribution is -0.594. The van der Waals surface area contributed by atoms with E-state index < -0.39 is 25.1 Å². The Morgan fingerprint density at radius 2 is 0.468 bits per heavy atom. The molecule has 0 saturated carbocycles. The molecule has 0 fully saturated rings. The quantitative estimate of drug-likeness (QED) is 0.162. The molecule has 6 aliphatic rings. The van der Waals surface area contributed by atoms with Crippen LogP contribution < -0.4 is 32.8 Å². The van der Waals surface area contributed by atoms with Gasteiger partial charge in [-0.05, 0) is 62.3 Å². The molecule has 8 nitrogen and oxygen atoms in total. The van der Waals surface area contributed by atoms with Gasteiger partial charge in [0.2, 0.25) is 0 Å². The van der Waals surface area contributed by atoms with E-state index in [4.69, 9.17) is 18.9 Å². The molecule has 0 amide bonds. The molecule has 0 bridgehead atoms. The molecular formula is C65H76B4N4O4. The second kappa shape index (κ2) is 19.0. The molecule has 12 heteroatoms. The molecule has 392 valence electrons. The molecule has 0 aromatic heterocycles. The first-order valence-corrected chi connectivity index (χ1v) is 28.1. The van der Waals surface area contributed by atoms with E-state index >= 15 is 0 Å². The first-order valence-electron chi connectivity index (χ1n) is 28.1. The van der Waals surface area contributed by atoms with Crippen molar-refractivity contribution in [3.63, 3.8) is 0 Å². The second-order valence-electron chi connectivity index (χ2n) is 25.5. The lowest BCUT2D eigenvalue weighted by Crippen LogP contribution is -2.85. The number of benzene rings is 7. The molecular weight excluding hydrogens is 944 g/mol. The number of nitrogens with zero attached hydrogens (tertiary/aromatic N) is 4. The minimum Gasteiger partial charge on any atom is -0.478 e. The Morgan fingerprint density at radius 3 is 0.649 bits per heavy atom. The Hall–Kier alpha value is -7.32. The normalized spacial score (nSPS) is 21.5. The van der Waals surface area contributed by atoms with Crippen molar-refractivity contribution in [1.82, 2.24) is 0 Å². The minimum absolute atomic E-state index is 0.219. The minimum atomic E-state index is -1.62. The third-order valence-corrected chi connectivity index (χ3v) is 18.3. The van der Waals surface area contributed by atoms with Crippen LogP contribution in [0.4, 0.5) is 0 Å². The zero-order valence-electron chi connectivity index (χ0n) is 47.3. The fourth-order valence-electron chi connectivity index (χ4n) is 15.0. The van der Waals surface area contributed by atoms with Gasteiger partial charge in [-0.25, -0.2) is 0 Å². The molecule has 0 radical (unpaired) electrons. The fraction of sp³-hybridized carbons (Fsp3) is 0.292. The van der Waals surface area contributed by atoms with E-state index in [0.717, 1.165) is 23.2 Å². The van der Waals surface area contributed by atoms with Crippen molar-refractivity contribution in [1.29, 1.82) is 0 Å². The average molecular weight is 1020 g/mol. The smallest absolute Gasteiger partial charge is 0.478 e. The standard InChI is InChI=1S/2C29H34B2N2O2.C7H8/c2*1-28(2)21-34-26-30(5,23-15-9-6-10-16-23)27-33(29(3,4)22-35-27)31(32(26)28,24-17-11-7-12-18-24)25-19-13-8-14-20-25;1-7-5-3-2-4-6-7/h2*6-20H,21-22H2,1-5H3;2-6H,1H3. The van der Waals surface area contributed by atoms with Gasteiger partial charge in [-0.15, -0.1) is 0 Å². The number of ether oxygens (including phenoxy) is 4. The van der Waals surface area contributed by atoms with E-state index in [9.17, 15) is 0 Å². The van der Waals surface area contributed by atoms with Crippen molar-refractivity contribution in [2.75, 3.05) is 26.4 Å². The zero-order chi connectivity index (χ0) is 54.1. The molecule has 6 heterocycles. The summed E-state index contributed by atoms with van der Waals surface area (Å²) in [5, 5.41) is 0. The van der Waals surface area contributed by atoms with Crippen LogP contribution in [0.2, 0.25) is 13.6 Å². The summed E-state index contributed by atoms with van der Waals surface area (Å²) in [5.41, 5.74) is 8.03. The molecule has 0 spiro atoms. The van der Waals surface area contributed by atoms with Crippen LogP contribution in [-0.2, 0) is 18.9 Å². The third kappa shape index (κ3) is 7.89. The molecule has 7 aromatic rings. The van der Waals surface area contributed by atoms with Gasteiger partial charge in [-0.1, -0.05) is 240 Å². The molecule has 0 saturated heterocycles. The Labute approximate surface area is 458 Å². The second-order valence-corrected chi connectivity index (χ2v) is 25.5. The Bertz CT molecular complexity index is 3060. The molecule has 0 aliphatic carbocycles. The van der Waals surface area contributed by atoms with Gasteiger partial charge in [-0.3, -0.25) is 0 Å². The summed E-state index contributed by atoms with van der Waals surface area (Å²) in [7, 11) is 0. The average Bonchev–Trinajstić information content (AvgIpc) is 4.29. The summed E-state index contributed by atoms with van der Waals surface area (Å²) in [5.74, 6) is 4.16. The van der Waals surface area contributed by atoms with Gasteiger partial charge in [0.1, 0.15) is 71.8 Å².